The fraction of sp³-hybridized carbons (Fsp3) is 0.462. The fourth-order valence-electron chi connectivity index (χ4n) is 2.00. The summed E-state index contributed by atoms with van der Waals surface area (Å²) in [4.78, 5) is 21.4. The lowest BCUT2D eigenvalue weighted by molar-refractivity contribution is -0.128. The normalized spacial score (nSPS) is 20.1. The van der Waals surface area contributed by atoms with Gasteiger partial charge >= 0.3 is 0 Å². The second-order valence-electron chi connectivity index (χ2n) is 4.21. The van der Waals surface area contributed by atoms with Crippen molar-refractivity contribution in [3.05, 3.63) is 30.7 Å². The van der Waals surface area contributed by atoms with Crippen molar-refractivity contribution in [3.63, 3.8) is 0 Å². The molecule has 0 radical (unpaired) electrons. The Balaban J connectivity index is 1.93. The van der Waals surface area contributed by atoms with Gasteiger partial charge in [-0.15, -0.1) is 0 Å². The second kappa shape index (κ2) is 6.14. The molecule has 0 saturated carbocycles. The Bertz CT molecular complexity index is 420. The highest BCUT2D eigenvalue weighted by Gasteiger charge is 2.23. The average molecular weight is 247 g/mol. The minimum Gasteiger partial charge on any atom is -0.472 e. The molecular weight excluding hydrogens is 230 g/mol. The number of allylic oxidation sites excluding steroid dienone is 1. The van der Waals surface area contributed by atoms with Gasteiger partial charge in [0.15, 0.2) is 0 Å². The van der Waals surface area contributed by atoms with Crippen molar-refractivity contribution in [3.8, 4) is 5.88 Å². The first kappa shape index (κ1) is 12.5. The SMILES string of the molecule is CC=CC(=O)N1CCCC(Oc2ccncn2)C1. The smallest absolute Gasteiger partial charge is 0.246 e. The van der Waals surface area contributed by atoms with Crippen LogP contribution in [0.4, 0.5) is 0 Å². The van der Waals surface area contributed by atoms with Crippen LogP contribution in [0.15, 0.2) is 30.7 Å². The van der Waals surface area contributed by atoms with E-state index in [4.69, 9.17) is 4.74 Å². The first-order valence-corrected chi connectivity index (χ1v) is 6.14. The minimum atomic E-state index is 0.0165. The Kier molecular flexibility index (Phi) is 4.28. The molecule has 5 nitrogen and oxygen atoms in total. The maximum absolute atomic E-state index is 11.8. The Morgan fingerprint density at radius 2 is 2.50 bits per heavy atom. The number of aromatic nitrogens is 2. The minimum absolute atomic E-state index is 0.0165. The van der Waals surface area contributed by atoms with Crippen LogP contribution in [0, 0.1) is 0 Å². The molecule has 0 aromatic carbocycles. The lowest BCUT2D eigenvalue weighted by Gasteiger charge is -2.31. The fourth-order valence-corrected chi connectivity index (χ4v) is 2.00. The largest absolute Gasteiger partial charge is 0.472 e. The highest BCUT2D eigenvalue weighted by atomic mass is 16.5. The molecule has 0 N–H and O–H groups in total. The average Bonchev–Trinajstić information content (AvgIpc) is 2.40. The van der Waals surface area contributed by atoms with Crippen LogP contribution in [-0.4, -0.2) is 40.0 Å². The molecule has 1 aromatic heterocycles. The zero-order valence-corrected chi connectivity index (χ0v) is 10.5. The number of hydrogen-bond donors (Lipinski definition) is 0. The first-order chi connectivity index (χ1) is 8.79. The van der Waals surface area contributed by atoms with Gasteiger partial charge in [0, 0.05) is 18.8 Å². The van der Waals surface area contributed by atoms with E-state index >= 15 is 0 Å². The predicted molar refractivity (Wildman–Crippen MR) is 67.1 cm³/mol. The van der Waals surface area contributed by atoms with E-state index in [0.717, 1.165) is 19.4 Å². The van der Waals surface area contributed by atoms with E-state index in [1.165, 1.54) is 6.33 Å². The third-order valence-corrected chi connectivity index (χ3v) is 2.84. The van der Waals surface area contributed by atoms with E-state index < -0.39 is 0 Å². The van der Waals surface area contributed by atoms with Crippen molar-refractivity contribution < 1.29 is 9.53 Å². The number of likely N-dealkylation sites (tertiary alicyclic amines) is 1. The second-order valence-corrected chi connectivity index (χ2v) is 4.21. The molecule has 0 bridgehead atoms. The van der Waals surface area contributed by atoms with Crippen molar-refractivity contribution in [1.82, 2.24) is 14.9 Å². The molecule has 1 aliphatic rings. The summed E-state index contributed by atoms with van der Waals surface area (Å²) in [6.45, 7) is 3.26. The predicted octanol–water partition coefficient (Wildman–Crippen LogP) is 1.42. The number of ether oxygens (including phenoxy) is 1. The Morgan fingerprint density at radius 1 is 1.61 bits per heavy atom. The maximum Gasteiger partial charge on any atom is 0.246 e. The van der Waals surface area contributed by atoms with Gasteiger partial charge in [0.05, 0.1) is 6.54 Å². The molecule has 1 aromatic rings. The summed E-state index contributed by atoms with van der Waals surface area (Å²) >= 11 is 0. The van der Waals surface area contributed by atoms with Crippen LogP contribution >= 0.6 is 0 Å². The van der Waals surface area contributed by atoms with E-state index in [1.54, 1.807) is 24.4 Å². The Hall–Kier alpha value is -1.91. The van der Waals surface area contributed by atoms with Crippen molar-refractivity contribution in [2.75, 3.05) is 13.1 Å². The standard InChI is InChI=1S/C13H17N3O2/c1-2-4-13(17)16-8-3-5-11(9-16)18-12-6-7-14-10-15-12/h2,4,6-7,10-11H,3,5,8-9H2,1H3. The van der Waals surface area contributed by atoms with Gasteiger partial charge in [-0.3, -0.25) is 4.79 Å². The summed E-state index contributed by atoms with van der Waals surface area (Å²) in [7, 11) is 0. The lowest BCUT2D eigenvalue weighted by atomic mass is 10.1. The van der Waals surface area contributed by atoms with E-state index in [1.807, 2.05) is 11.8 Å². The molecule has 2 heterocycles. The maximum atomic E-state index is 11.8. The lowest BCUT2D eigenvalue weighted by Crippen LogP contribution is -2.43. The van der Waals surface area contributed by atoms with E-state index in [0.29, 0.717) is 12.4 Å². The summed E-state index contributed by atoms with van der Waals surface area (Å²) < 4.78 is 5.74. The van der Waals surface area contributed by atoms with Crippen LogP contribution in [0.25, 0.3) is 0 Å². The number of rotatable bonds is 3. The number of amides is 1. The molecule has 1 atom stereocenters. The van der Waals surface area contributed by atoms with Gasteiger partial charge in [-0.25, -0.2) is 9.97 Å². The summed E-state index contributed by atoms with van der Waals surface area (Å²) in [5, 5.41) is 0. The van der Waals surface area contributed by atoms with E-state index in [2.05, 4.69) is 9.97 Å². The third-order valence-electron chi connectivity index (χ3n) is 2.84. The quantitative estimate of drug-likeness (QED) is 0.758. The van der Waals surface area contributed by atoms with Gasteiger partial charge in [-0.1, -0.05) is 6.08 Å². The molecule has 1 saturated heterocycles. The van der Waals surface area contributed by atoms with E-state index in [9.17, 15) is 4.79 Å². The number of carbonyl (C=O) groups is 1. The van der Waals surface area contributed by atoms with Gasteiger partial charge in [-0.2, -0.15) is 0 Å². The number of nitrogens with zero attached hydrogens (tertiary/aromatic N) is 3. The number of hydrogen-bond acceptors (Lipinski definition) is 4. The molecule has 0 aliphatic carbocycles. The van der Waals surface area contributed by atoms with Crippen LogP contribution in [0.5, 0.6) is 5.88 Å². The van der Waals surface area contributed by atoms with Crippen molar-refractivity contribution >= 4 is 5.91 Å². The summed E-state index contributed by atoms with van der Waals surface area (Å²) in [5.74, 6) is 0.615. The first-order valence-electron chi connectivity index (χ1n) is 6.14. The number of carbonyl (C=O) groups excluding carboxylic acids is 1. The van der Waals surface area contributed by atoms with Gasteiger partial charge in [0.25, 0.3) is 0 Å². The molecule has 1 fully saturated rings. The molecule has 18 heavy (non-hydrogen) atoms. The van der Waals surface area contributed by atoms with E-state index in [-0.39, 0.29) is 12.0 Å². The van der Waals surface area contributed by atoms with Gasteiger partial charge in [-0.05, 0) is 25.8 Å². The van der Waals surface area contributed by atoms with Gasteiger partial charge in [0.2, 0.25) is 11.8 Å². The van der Waals surface area contributed by atoms with Crippen molar-refractivity contribution in [2.24, 2.45) is 0 Å². The highest BCUT2D eigenvalue weighted by Crippen LogP contribution is 2.16. The summed E-state index contributed by atoms with van der Waals surface area (Å²) in [6, 6.07) is 1.73. The van der Waals surface area contributed by atoms with Crippen LogP contribution in [0.3, 0.4) is 0 Å². The number of piperidine rings is 1. The molecule has 2 rings (SSSR count). The van der Waals surface area contributed by atoms with Crippen LogP contribution in [0.2, 0.25) is 0 Å². The summed E-state index contributed by atoms with van der Waals surface area (Å²) in [5.41, 5.74) is 0. The van der Waals surface area contributed by atoms with Crippen molar-refractivity contribution in [2.45, 2.75) is 25.9 Å². The zero-order valence-electron chi connectivity index (χ0n) is 10.5. The van der Waals surface area contributed by atoms with Gasteiger partial charge < -0.3 is 9.64 Å². The molecule has 96 valence electrons. The third kappa shape index (κ3) is 3.29. The molecule has 5 heteroatoms. The Morgan fingerprint density at radius 3 is 3.22 bits per heavy atom. The highest BCUT2D eigenvalue weighted by molar-refractivity contribution is 5.87. The molecule has 1 amide bonds. The van der Waals surface area contributed by atoms with Crippen molar-refractivity contribution in [1.29, 1.82) is 0 Å². The summed E-state index contributed by atoms with van der Waals surface area (Å²) in [6.07, 6.45) is 8.38. The molecule has 1 unspecified atom stereocenters. The van der Waals surface area contributed by atoms with Crippen LogP contribution < -0.4 is 4.74 Å². The van der Waals surface area contributed by atoms with Gasteiger partial charge in [0.1, 0.15) is 12.4 Å². The Labute approximate surface area is 106 Å². The topological polar surface area (TPSA) is 55.3 Å². The monoisotopic (exact) mass is 247 g/mol. The van der Waals surface area contributed by atoms with Crippen LogP contribution in [-0.2, 0) is 4.79 Å². The van der Waals surface area contributed by atoms with Crippen LogP contribution in [0.1, 0.15) is 19.8 Å². The molecular formula is C13H17N3O2. The molecule has 1 aliphatic heterocycles. The zero-order chi connectivity index (χ0) is 12.8. The molecule has 0 spiro atoms.